The summed E-state index contributed by atoms with van der Waals surface area (Å²) in [6.45, 7) is 4.82. The van der Waals surface area contributed by atoms with Crippen molar-refractivity contribution >= 4 is 22.7 Å². The van der Waals surface area contributed by atoms with E-state index in [0.717, 1.165) is 57.7 Å². The molecule has 0 unspecified atom stereocenters. The Kier molecular flexibility index (Phi) is 5.40. The lowest BCUT2D eigenvalue weighted by atomic mass is 9.79. The number of hydrazone groups is 1. The van der Waals surface area contributed by atoms with Crippen LogP contribution in [0.3, 0.4) is 0 Å². The highest BCUT2D eigenvalue weighted by Crippen LogP contribution is 2.42. The van der Waals surface area contributed by atoms with Crippen LogP contribution in [0.1, 0.15) is 56.0 Å². The lowest BCUT2D eigenvalue weighted by molar-refractivity contribution is -0.122. The zero-order valence-electron chi connectivity index (χ0n) is 21.8. The topological polar surface area (TPSA) is 114 Å². The Morgan fingerprint density at radius 1 is 0.974 bits per heavy atom. The Hall–Kier alpha value is -4.66. The molecule has 0 bridgehead atoms. The van der Waals surface area contributed by atoms with E-state index in [-0.39, 0.29) is 11.3 Å². The molecule has 1 fully saturated rings. The standard InChI is InChI=1S/C30H28N8O/c1-30(2)16-26(39)32-33-27(30)19-13-14-25-24(15-19)31-29(18-11-12-18)38(25)17-20-7-3-4-8-21(20)22-9-5-6-10-23(22)28-34-36-37-35-28/h3-10,13-15,18H,11-12,16-17H2,1-2H3,(H,32,39)(H,34,35,36,37). The molecule has 39 heavy (non-hydrogen) atoms. The predicted octanol–water partition coefficient (Wildman–Crippen LogP) is 5.06. The summed E-state index contributed by atoms with van der Waals surface area (Å²) in [4.78, 5) is 17.1. The molecule has 1 aliphatic carbocycles. The van der Waals surface area contributed by atoms with Crippen LogP contribution in [0.4, 0.5) is 0 Å². The number of hydrogen-bond donors (Lipinski definition) is 2. The molecule has 1 amide bonds. The van der Waals surface area contributed by atoms with Gasteiger partial charge in [-0.1, -0.05) is 68.4 Å². The quantitative estimate of drug-likeness (QED) is 0.328. The molecule has 2 aliphatic rings. The van der Waals surface area contributed by atoms with Gasteiger partial charge in [-0.25, -0.2) is 10.4 Å². The van der Waals surface area contributed by atoms with E-state index in [2.05, 4.69) is 98.1 Å². The fourth-order valence-corrected chi connectivity index (χ4v) is 5.64. The van der Waals surface area contributed by atoms with E-state index in [1.165, 1.54) is 5.56 Å². The summed E-state index contributed by atoms with van der Waals surface area (Å²) in [6.07, 6.45) is 2.72. The monoisotopic (exact) mass is 516 g/mol. The zero-order valence-corrected chi connectivity index (χ0v) is 21.8. The Morgan fingerprint density at radius 2 is 1.74 bits per heavy atom. The van der Waals surface area contributed by atoms with Crippen LogP contribution in [0.15, 0.2) is 71.8 Å². The summed E-state index contributed by atoms with van der Waals surface area (Å²) < 4.78 is 2.36. The first-order valence-electron chi connectivity index (χ1n) is 13.3. The number of rotatable bonds is 6. The molecule has 3 heterocycles. The third-order valence-electron chi connectivity index (χ3n) is 7.68. The van der Waals surface area contributed by atoms with Gasteiger partial charge >= 0.3 is 0 Å². The highest BCUT2D eigenvalue weighted by Gasteiger charge is 2.34. The summed E-state index contributed by atoms with van der Waals surface area (Å²) in [7, 11) is 0. The number of nitrogens with one attached hydrogen (secondary N) is 2. The van der Waals surface area contributed by atoms with Gasteiger partial charge in [0.2, 0.25) is 11.7 Å². The summed E-state index contributed by atoms with van der Waals surface area (Å²) in [5.74, 6) is 2.12. The SMILES string of the molecule is CC1(C)CC(=O)NN=C1c1ccc2c(c1)nc(C1CC1)n2Cc1ccccc1-c1ccccc1-c1nn[nH]n1. The molecule has 7 rings (SSSR count). The molecule has 1 saturated carbocycles. The van der Waals surface area contributed by atoms with Crippen molar-refractivity contribution in [2.45, 2.75) is 45.6 Å². The summed E-state index contributed by atoms with van der Waals surface area (Å²) in [6, 6.07) is 23.0. The third kappa shape index (κ3) is 4.20. The van der Waals surface area contributed by atoms with Crippen molar-refractivity contribution in [1.82, 2.24) is 35.6 Å². The number of carbonyl (C=O) groups excluding carboxylic acids is 1. The van der Waals surface area contributed by atoms with Crippen LogP contribution in [0.2, 0.25) is 0 Å². The zero-order chi connectivity index (χ0) is 26.6. The molecular weight excluding hydrogens is 488 g/mol. The molecule has 0 spiro atoms. The molecule has 0 radical (unpaired) electrons. The maximum Gasteiger partial charge on any atom is 0.241 e. The van der Waals surface area contributed by atoms with Crippen LogP contribution in [0.25, 0.3) is 33.5 Å². The van der Waals surface area contributed by atoms with Gasteiger partial charge < -0.3 is 4.57 Å². The maximum absolute atomic E-state index is 11.9. The number of nitrogens with zero attached hydrogens (tertiary/aromatic N) is 6. The smallest absolute Gasteiger partial charge is 0.241 e. The molecule has 9 heteroatoms. The number of amides is 1. The molecule has 0 atom stereocenters. The van der Waals surface area contributed by atoms with Gasteiger partial charge in [-0.3, -0.25) is 4.79 Å². The number of tetrazole rings is 1. The van der Waals surface area contributed by atoms with Crippen molar-refractivity contribution < 1.29 is 4.79 Å². The van der Waals surface area contributed by atoms with Gasteiger partial charge in [-0.05, 0) is 46.9 Å². The highest BCUT2D eigenvalue weighted by atomic mass is 16.2. The van der Waals surface area contributed by atoms with Gasteiger partial charge in [-0.2, -0.15) is 10.3 Å². The summed E-state index contributed by atoms with van der Waals surface area (Å²) in [5.41, 5.74) is 10.6. The predicted molar refractivity (Wildman–Crippen MR) is 149 cm³/mol. The second-order valence-corrected chi connectivity index (χ2v) is 11.0. The minimum absolute atomic E-state index is 0.0512. The maximum atomic E-state index is 11.9. The highest BCUT2D eigenvalue weighted by molar-refractivity contribution is 6.09. The molecule has 2 aromatic heterocycles. The van der Waals surface area contributed by atoms with Gasteiger partial charge in [0, 0.05) is 35.4 Å². The second-order valence-electron chi connectivity index (χ2n) is 11.0. The van der Waals surface area contributed by atoms with E-state index in [1.807, 2.05) is 18.2 Å². The fourth-order valence-electron chi connectivity index (χ4n) is 5.64. The Balaban J connectivity index is 1.32. The van der Waals surface area contributed by atoms with Crippen LogP contribution >= 0.6 is 0 Å². The molecule has 3 aromatic carbocycles. The van der Waals surface area contributed by atoms with Crippen LogP contribution in [0.5, 0.6) is 0 Å². The Labute approximate surface area is 225 Å². The number of fused-ring (bicyclic) bond motifs is 1. The number of aromatic nitrogens is 6. The second kappa shape index (κ2) is 8.97. The minimum Gasteiger partial charge on any atom is -0.323 e. The molecule has 5 aromatic rings. The van der Waals surface area contributed by atoms with E-state index >= 15 is 0 Å². The van der Waals surface area contributed by atoms with Crippen LogP contribution in [0, 0.1) is 5.41 Å². The first kappa shape index (κ1) is 23.5. The largest absolute Gasteiger partial charge is 0.323 e. The van der Waals surface area contributed by atoms with Gasteiger partial charge in [0.25, 0.3) is 0 Å². The minimum atomic E-state index is -0.344. The molecule has 2 N–H and O–H groups in total. The van der Waals surface area contributed by atoms with E-state index in [9.17, 15) is 4.79 Å². The first-order valence-corrected chi connectivity index (χ1v) is 13.3. The lowest BCUT2D eigenvalue weighted by Gasteiger charge is -2.29. The van der Waals surface area contributed by atoms with E-state index < -0.39 is 0 Å². The lowest BCUT2D eigenvalue weighted by Crippen LogP contribution is -2.39. The number of imidazole rings is 1. The molecule has 9 nitrogen and oxygen atoms in total. The fraction of sp³-hybridized carbons (Fsp3) is 0.267. The van der Waals surface area contributed by atoms with Crippen molar-refractivity contribution in [3.63, 3.8) is 0 Å². The number of hydrogen-bond acceptors (Lipinski definition) is 6. The van der Waals surface area contributed by atoms with Crippen LogP contribution < -0.4 is 5.43 Å². The van der Waals surface area contributed by atoms with Crippen molar-refractivity contribution in [2.24, 2.45) is 10.5 Å². The Morgan fingerprint density at radius 3 is 2.49 bits per heavy atom. The van der Waals surface area contributed by atoms with E-state index in [1.54, 1.807) is 0 Å². The molecule has 194 valence electrons. The van der Waals surface area contributed by atoms with Crippen molar-refractivity contribution in [1.29, 1.82) is 0 Å². The number of benzene rings is 3. The van der Waals surface area contributed by atoms with Crippen molar-refractivity contribution in [2.75, 3.05) is 0 Å². The summed E-state index contributed by atoms with van der Waals surface area (Å²) in [5, 5.41) is 19.2. The average molecular weight is 517 g/mol. The Bertz CT molecular complexity index is 1740. The number of H-pyrrole nitrogens is 1. The van der Waals surface area contributed by atoms with E-state index in [4.69, 9.17) is 4.98 Å². The molecule has 0 saturated heterocycles. The third-order valence-corrected chi connectivity index (χ3v) is 7.68. The average Bonchev–Trinajstić information content (AvgIpc) is 3.50. The van der Waals surface area contributed by atoms with Crippen molar-refractivity contribution in [3.05, 3.63) is 83.7 Å². The molecule has 1 aliphatic heterocycles. The van der Waals surface area contributed by atoms with Crippen molar-refractivity contribution in [3.8, 4) is 22.5 Å². The van der Waals surface area contributed by atoms with Gasteiger partial charge in [0.1, 0.15) is 5.82 Å². The number of aromatic amines is 1. The van der Waals surface area contributed by atoms with Gasteiger partial charge in [0.05, 0.1) is 16.7 Å². The first-order chi connectivity index (χ1) is 19.0. The molecular formula is C30H28N8O. The van der Waals surface area contributed by atoms with E-state index in [0.29, 0.717) is 24.7 Å². The van der Waals surface area contributed by atoms with Gasteiger partial charge in [0.15, 0.2) is 0 Å². The summed E-state index contributed by atoms with van der Waals surface area (Å²) >= 11 is 0. The number of carbonyl (C=O) groups is 1. The van der Waals surface area contributed by atoms with Crippen LogP contribution in [-0.4, -0.2) is 41.8 Å². The van der Waals surface area contributed by atoms with Crippen LogP contribution in [-0.2, 0) is 11.3 Å². The van der Waals surface area contributed by atoms with Gasteiger partial charge in [-0.15, -0.1) is 10.2 Å². The normalized spacial score (nSPS) is 16.8.